The summed E-state index contributed by atoms with van der Waals surface area (Å²) in [5, 5.41) is 2.51. The number of carbonyl (C=O) groups excluding carboxylic acids is 2. The first-order chi connectivity index (χ1) is 10.8. The lowest BCUT2D eigenvalue weighted by molar-refractivity contribution is -0.144. The fraction of sp³-hybridized carbons (Fsp3) is 0.500. The molecule has 1 saturated heterocycles. The van der Waals surface area contributed by atoms with Crippen LogP contribution < -0.4 is 5.32 Å². The van der Waals surface area contributed by atoms with Crippen molar-refractivity contribution in [2.75, 3.05) is 13.1 Å². The zero-order valence-corrected chi connectivity index (χ0v) is 12.6. The Morgan fingerprint density at radius 2 is 1.96 bits per heavy atom. The Morgan fingerprint density at radius 1 is 1.26 bits per heavy atom. The van der Waals surface area contributed by atoms with Crippen molar-refractivity contribution in [3.05, 3.63) is 35.9 Å². The minimum atomic E-state index is -4.34. The van der Waals surface area contributed by atoms with E-state index in [2.05, 4.69) is 5.32 Å². The second kappa shape index (κ2) is 7.48. The number of carbonyl (C=O) groups is 2. The molecule has 126 valence electrons. The van der Waals surface area contributed by atoms with Crippen molar-refractivity contribution >= 4 is 11.8 Å². The van der Waals surface area contributed by atoms with E-state index < -0.39 is 31.0 Å². The van der Waals surface area contributed by atoms with Crippen LogP contribution in [0.2, 0.25) is 0 Å². The first-order valence-corrected chi connectivity index (χ1v) is 7.51. The molecule has 1 fully saturated rings. The molecule has 0 aliphatic carbocycles. The first-order valence-electron chi connectivity index (χ1n) is 7.51. The highest BCUT2D eigenvalue weighted by Gasteiger charge is 2.32. The van der Waals surface area contributed by atoms with Gasteiger partial charge in [0.1, 0.15) is 0 Å². The molecule has 0 aromatic heterocycles. The average Bonchev–Trinajstić information content (AvgIpc) is 2.83. The number of likely N-dealkylation sites (tertiary alicyclic amines) is 1. The Bertz CT molecular complexity index is 546. The molecular formula is C16H19F3N2O2. The summed E-state index contributed by atoms with van der Waals surface area (Å²) in [7, 11) is 0. The lowest BCUT2D eigenvalue weighted by atomic mass is 10.1. The van der Waals surface area contributed by atoms with E-state index in [1.807, 2.05) is 30.3 Å². The third-order valence-corrected chi connectivity index (χ3v) is 3.73. The van der Waals surface area contributed by atoms with Crippen molar-refractivity contribution in [2.45, 2.75) is 37.9 Å². The van der Waals surface area contributed by atoms with Gasteiger partial charge in [0.2, 0.25) is 11.8 Å². The highest BCUT2D eigenvalue weighted by Crippen LogP contribution is 2.21. The smallest absolute Gasteiger partial charge is 0.351 e. The molecule has 1 atom stereocenters. The molecule has 0 spiro atoms. The van der Waals surface area contributed by atoms with E-state index in [1.165, 1.54) is 0 Å². The number of nitrogens with one attached hydrogen (secondary N) is 1. The second-order valence-corrected chi connectivity index (χ2v) is 5.66. The van der Waals surface area contributed by atoms with E-state index in [4.69, 9.17) is 0 Å². The molecule has 1 aliphatic heterocycles. The molecular weight excluding hydrogens is 309 g/mol. The third-order valence-electron chi connectivity index (χ3n) is 3.73. The monoisotopic (exact) mass is 328 g/mol. The number of nitrogens with zero attached hydrogens (tertiary/aromatic N) is 1. The minimum Gasteiger partial charge on any atom is -0.351 e. The van der Waals surface area contributed by atoms with Gasteiger partial charge in [-0.25, -0.2) is 0 Å². The standard InChI is InChI=1S/C16H19F3N2O2/c17-16(18,19)8-6-14(22)20-13-10-15(23)21(11-13)9-7-12-4-2-1-3-5-12/h1-5,13H,6-11H2,(H,20,22)/t13-/m1/s1. The maximum Gasteiger partial charge on any atom is 0.389 e. The van der Waals surface area contributed by atoms with Crippen LogP contribution in [0.1, 0.15) is 24.8 Å². The molecule has 4 nitrogen and oxygen atoms in total. The summed E-state index contributed by atoms with van der Waals surface area (Å²) >= 11 is 0. The number of rotatable bonds is 6. The normalized spacial score (nSPS) is 18.3. The second-order valence-electron chi connectivity index (χ2n) is 5.66. The predicted octanol–water partition coefficient (Wildman–Crippen LogP) is 2.29. The summed E-state index contributed by atoms with van der Waals surface area (Å²) < 4.78 is 36.2. The number of alkyl halides is 3. The molecule has 1 N–H and O–H groups in total. The Labute approximate surface area is 132 Å². The van der Waals surface area contributed by atoms with Crippen molar-refractivity contribution in [1.29, 1.82) is 0 Å². The summed E-state index contributed by atoms with van der Waals surface area (Å²) in [5.41, 5.74) is 1.11. The van der Waals surface area contributed by atoms with Crippen LogP contribution in [0.25, 0.3) is 0 Å². The maximum atomic E-state index is 12.1. The van der Waals surface area contributed by atoms with Gasteiger partial charge in [-0.2, -0.15) is 13.2 Å². The summed E-state index contributed by atoms with van der Waals surface area (Å²) in [5.74, 6) is -0.743. The zero-order chi connectivity index (χ0) is 16.9. The van der Waals surface area contributed by atoms with Crippen LogP contribution in [0, 0.1) is 0 Å². The van der Waals surface area contributed by atoms with E-state index in [9.17, 15) is 22.8 Å². The number of hydrogen-bond donors (Lipinski definition) is 1. The van der Waals surface area contributed by atoms with Gasteiger partial charge in [0.25, 0.3) is 0 Å². The Balaban J connectivity index is 1.75. The molecule has 1 aromatic rings. The van der Waals surface area contributed by atoms with Crippen molar-refractivity contribution in [2.24, 2.45) is 0 Å². The van der Waals surface area contributed by atoms with Crippen LogP contribution in [-0.4, -0.2) is 42.0 Å². The lowest BCUT2D eigenvalue weighted by Gasteiger charge is -2.17. The highest BCUT2D eigenvalue weighted by molar-refractivity contribution is 5.82. The Morgan fingerprint density at radius 3 is 2.61 bits per heavy atom. The van der Waals surface area contributed by atoms with Gasteiger partial charge in [-0.3, -0.25) is 9.59 Å². The van der Waals surface area contributed by atoms with Gasteiger partial charge >= 0.3 is 6.18 Å². The number of hydrogen-bond acceptors (Lipinski definition) is 2. The van der Waals surface area contributed by atoms with Crippen LogP contribution in [0.15, 0.2) is 30.3 Å². The summed E-state index contributed by atoms with van der Waals surface area (Å²) in [6.45, 7) is 0.890. The topological polar surface area (TPSA) is 49.4 Å². The van der Waals surface area contributed by atoms with Crippen LogP contribution in [0.5, 0.6) is 0 Å². The van der Waals surface area contributed by atoms with Crippen molar-refractivity contribution in [3.8, 4) is 0 Å². The van der Waals surface area contributed by atoms with Crippen molar-refractivity contribution in [3.63, 3.8) is 0 Å². The quantitative estimate of drug-likeness (QED) is 0.871. The van der Waals surface area contributed by atoms with Gasteiger partial charge in [-0.05, 0) is 12.0 Å². The van der Waals surface area contributed by atoms with Gasteiger partial charge in [-0.1, -0.05) is 30.3 Å². The first kappa shape index (κ1) is 17.3. The van der Waals surface area contributed by atoms with E-state index in [0.29, 0.717) is 19.5 Å². The van der Waals surface area contributed by atoms with E-state index in [0.717, 1.165) is 5.56 Å². The lowest BCUT2D eigenvalue weighted by Crippen LogP contribution is -2.37. The molecule has 1 aromatic carbocycles. The molecule has 1 heterocycles. The highest BCUT2D eigenvalue weighted by atomic mass is 19.4. The Hall–Kier alpha value is -2.05. The van der Waals surface area contributed by atoms with Crippen LogP contribution in [-0.2, 0) is 16.0 Å². The van der Waals surface area contributed by atoms with Gasteiger partial charge in [0.05, 0.1) is 12.5 Å². The van der Waals surface area contributed by atoms with E-state index in [-0.39, 0.29) is 12.3 Å². The number of benzene rings is 1. The van der Waals surface area contributed by atoms with Crippen molar-refractivity contribution in [1.82, 2.24) is 10.2 Å². The van der Waals surface area contributed by atoms with Gasteiger partial charge in [-0.15, -0.1) is 0 Å². The largest absolute Gasteiger partial charge is 0.389 e. The Kier molecular flexibility index (Phi) is 5.63. The fourth-order valence-electron chi connectivity index (χ4n) is 2.55. The maximum absolute atomic E-state index is 12.1. The number of halogens is 3. The van der Waals surface area contributed by atoms with Gasteiger partial charge < -0.3 is 10.2 Å². The van der Waals surface area contributed by atoms with Crippen LogP contribution in [0.4, 0.5) is 13.2 Å². The molecule has 7 heteroatoms. The zero-order valence-electron chi connectivity index (χ0n) is 12.6. The molecule has 2 amide bonds. The number of amides is 2. The van der Waals surface area contributed by atoms with E-state index >= 15 is 0 Å². The molecule has 0 saturated carbocycles. The van der Waals surface area contributed by atoms with Crippen LogP contribution in [0.3, 0.4) is 0 Å². The summed E-state index contributed by atoms with van der Waals surface area (Å²) in [6.07, 6.45) is -5.23. The van der Waals surface area contributed by atoms with Crippen molar-refractivity contribution < 1.29 is 22.8 Å². The third kappa shape index (κ3) is 5.92. The predicted molar refractivity (Wildman–Crippen MR) is 78.6 cm³/mol. The molecule has 2 rings (SSSR count). The molecule has 0 radical (unpaired) electrons. The SMILES string of the molecule is O=C(CCC(F)(F)F)N[C@@H]1CC(=O)N(CCc2ccccc2)C1. The average molecular weight is 328 g/mol. The molecule has 0 bridgehead atoms. The molecule has 0 unspecified atom stereocenters. The molecule has 1 aliphatic rings. The van der Waals surface area contributed by atoms with Crippen LogP contribution >= 0.6 is 0 Å². The minimum absolute atomic E-state index is 0.0814. The summed E-state index contributed by atoms with van der Waals surface area (Å²) in [4.78, 5) is 25.0. The molecule has 23 heavy (non-hydrogen) atoms. The van der Waals surface area contributed by atoms with Gasteiger partial charge in [0, 0.05) is 25.9 Å². The van der Waals surface area contributed by atoms with E-state index in [1.54, 1.807) is 4.90 Å². The van der Waals surface area contributed by atoms with Gasteiger partial charge in [0.15, 0.2) is 0 Å². The summed E-state index contributed by atoms with van der Waals surface area (Å²) in [6, 6.07) is 9.29. The fourth-order valence-corrected chi connectivity index (χ4v) is 2.55.